The van der Waals surface area contributed by atoms with E-state index in [1.54, 1.807) is 18.6 Å². The molecule has 1 aromatic rings. The molecule has 0 radical (unpaired) electrons. The van der Waals surface area contributed by atoms with Crippen LogP contribution >= 0.6 is 0 Å². The Bertz CT molecular complexity index is 376. The minimum Gasteiger partial charge on any atom is -0.342 e. The third-order valence-corrected chi connectivity index (χ3v) is 3.30. The lowest BCUT2D eigenvalue weighted by Crippen LogP contribution is -2.41. The standard InChI is InChI=1S/C13H20N4O/c1-11(12-9-14-5-6-15-12)16-10-13(18)17-7-3-2-4-8-17/h5-6,9,11,16H,2-4,7-8,10H2,1H3. The summed E-state index contributed by atoms with van der Waals surface area (Å²) >= 11 is 0. The van der Waals surface area contributed by atoms with Gasteiger partial charge in [-0.1, -0.05) is 0 Å². The van der Waals surface area contributed by atoms with E-state index in [1.807, 2.05) is 11.8 Å². The number of rotatable bonds is 4. The summed E-state index contributed by atoms with van der Waals surface area (Å²) in [7, 11) is 0. The molecule has 0 bridgehead atoms. The second-order valence-corrected chi connectivity index (χ2v) is 4.67. The van der Waals surface area contributed by atoms with Crippen molar-refractivity contribution in [2.45, 2.75) is 32.2 Å². The van der Waals surface area contributed by atoms with Gasteiger partial charge < -0.3 is 10.2 Å². The van der Waals surface area contributed by atoms with E-state index in [9.17, 15) is 4.79 Å². The van der Waals surface area contributed by atoms with Crippen LogP contribution in [0, 0.1) is 0 Å². The monoisotopic (exact) mass is 248 g/mol. The van der Waals surface area contributed by atoms with Crippen molar-refractivity contribution in [2.75, 3.05) is 19.6 Å². The van der Waals surface area contributed by atoms with Gasteiger partial charge in [-0.25, -0.2) is 0 Å². The van der Waals surface area contributed by atoms with Crippen molar-refractivity contribution in [3.63, 3.8) is 0 Å². The van der Waals surface area contributed by atoms with Crippen LogP contribution in [0.1, 0.15) is 37.9 Å². The number of piperidine rings is 1. The predicted octanol–water partition coefficient (Wildman–Crippen LogP) is 1.14. The Morgan fingerprint density at radius 3 is 2.83 bits per heavy atom. The number of likely N-dealkylation sites (tertiary alicyclic amines) is 1. The van der Waals surface area contributed by atoms with Gasteiger partial charge in [0.25, 0.3) is 0 Å². The van der Waals surface area contributed by atoms with Crippen molar-refractivity contribution in [1.82, 2.24) is 20.2 Å². The molecule has 1 aliphatic rings. The highest BCUT2D eigenvalue weighted by Gasteiger charge is 2.17. The number of aromatic nitrogens is 2. The van der Waals surface area contributed by atoms with E-state index in [4.69, 9.17) is 0 Å². The summed E-state index contributed by atoms with van der Waals surface area (Å²) in [4.78, 5) is 22.1. The molecule has 18 heavy (non-hydrogen) atoms. The minimum atomic E-state index is 0.0486. The zero-order valence-electron chi connectivity index (χ0n) is 10.8. The van der Waals surface area contributed by atoms with E-state index in [1.165, 1.54) is 6.42 Å². The Balaban J connectivity index is 1.78. The van der Waals surface area contributed by atoms with Gasteiger partial charge in [0.15, 0.2) is 0 Å². The van der Waals surface area contributed by atoms with Crippen molar-refractivity contribution in [3.05, 3.63) is 24.3 Å². The fourth-order valence-corrected chi connectivity index (χ4v) is 2.13. The van der Waals surface area contributed by atoms with Gasteiger partial charge in [0, 0.05) is 37.7 Å². The van der Waals surface area contributed by atoms with E-state index >= 15 is 0 Å². The first-order chi connectivity index (χ1) is 8.77. The normalized spacial score (nSPS) is 17.5. The van der Waals surface area contributed by atoms with Gasteiger partial charge in [-0.2, -0.15) is 0 Å². The minimum absolute atomic E-state index is 0.0486. The van der Waals surface area contributed by atoms with Crippen LogP contribution < -0.4 is 5.32 Å². The molecular formula is C13H20N4O. The lowest BCUT2D eigenvalue weighted by Gasteiger charge is -2.27. The summed E-state index contributed by atoms with van der Waals surface area (Å²) in [6.07, 6.45) is 8.54. The van der Waals surface area contributed by atoms with E-state index in [2.05, 4.69) is 15.3 Å². The second-order valence-electron chi connectivity index (χ2n) is 4.67. The van der Waals surface area contributed by atoms with Crippen LogP contribution in [0.4, 0.5) is 0 Å². The van der Waals surface area contributed by atoms with Crippen LogP contribution in [0.2, 0.25) is 0 Å². The lowest BCUT2D eigenvalue weighted by atomic mass is 10.1. The second kappa shape index (κ2) is 6.44. The summed E-state index contributed by atoms with van der Waals surface area (Å²) in [6, 6.07) is 0.0486. The molecule has 1 saturated heterocycles. The van der Waals surface area contributed by atoms with Gasteiger partial charge in [0.2, 0.25) is 5.91 Å². The highest BCUT2D eigenvalue weighted by atomic mass is 16.2. The molecule has 1 N–H and O–H groups in total. The number of carbonyl (C=O) groups excluding carboxylic acids is 1. The smallest absolute Gasteiger partial charge is 0.236 e. The largest absolute Gasteiger partial charge is 0.342 e. The Morgan fingerprint density at radius 1 is 1.39 bits per heavy atom. The molecule has 2 rings (SSSR count). The molecular weight excluding hydrogens is 228 g/mol. The summed E-state index contributed by atoms with van der Waals surface area (Å²) < 4.78 is 0. The zero-order chi connectivity index (χ0) is 12.8. The third kappa shape index (κ3) is 3.50. The van der Waals surface area contributed by atoms with E-state index in [-0.39, 0.29) is 11.9 Å². The summed E-state index contributed by atoms with van der Waals surface area (Å²) in [5.74, 6) is 0.186. The van der Waals surface area contributed by atoms with E-state index < -0.39 is 0 Å². The van der Waals surface area contributed by atoms with Crippen LogP contribution in [0.15, 0.2) is 18.6 Å². The molecule has 0 aliphatic carbocycles. The molecule has 0 aromatic carbocycles. The van der Waals surface area contributed by atoms with Crippen LogP contribution in [0.25, 0.3) is 0 Å². The fraction of sp³-hybridized carbons (Fsp3) is 0.615. The molecule has 1 aromatic heterocycles. The Labute approximate surface area is 108 Å². The Hall–Kier alpha value is -1.49. The van der Waals surface area contributed by atoms with Crippen molar-refractivity contribution < 1.29 is 4.79 Å². The molecule has 2 heterocycles. The molecule has 98 valence electrons. The maximum absolute atomic E-state index is 12.0. The number of amides is 1. The first kappa shape index (κ1) is 13.0. The Morgan fingerprint density at radius 2 is 2.17 bits per heavy atom. The van der Waals surface area contributed by atoms with Gasteiger partial charge in [-0.3, -0.25) is 14.8 Å². The summed E-state index contributed by atoms with van der Waals surface area (Å²) in [5.41, 5.74) is 0.865. The number of hydrogen-bond acceptors (Lipinski definition) is 4. The van der Waals surface area contributed by atoms with Gasteiger partial charge in [-0.15, -0.1) is 0 Å². The van der Waals surface area contributed by atoms with E-state index in [0.717, 1.165) is 31.6 Å². The Kier molecular flexibility index (Phi) is 4.64. The van der Waals surface area contributed by atoms with Gasteiger partial charge in [0.1, 0.15) is 0 Å². The van der Waals surface area contributed by atoms with Crippen LogP contribution in [-0.2, 0) is 4.79 Å². The number of nitrogens with one attached hydrogen (secondary N) is 1. The number of hydrogen-bond donors (Lipinski definition) is 1. The molecule has 0 spiro atoms. The van der Waals surface area contributed by atoms with Crippen molar-refractivity contribution in [1.29, 1.82) is 0 Å². The van der Waals surface area contributed by atoms with Crippen molar-refractivity contribution >= 4 is 5.91 Å². The molecule has 5 nitrogen and oxygen atoms in total. The quantitative estimate of drug-likeness (QED) is 0.868. The van der Waals surface area contributed by atoms with Crippen LogP contribution in [0.3, 0.4) is 0 Å². The highest BCUT2D eigenvalue weighted by molar-refractivity contribution is 5.78. The zero-order valence-corrected chi connectivity index (χ0v) is 10.8. The average molecular weight is 248 g/mol. The maximum Gasteiger partial charge on any atom is 0.236 e. The summed E-state index contributed by atoms with van der Waals surface area (Å²) in [6.45, 7) is 4.17. The first-order valence-electron chi connectivity index (χ1n) is 6.54. The van der Waals surface area contributed by atoms with Gasteiger partial charge >= 0.3 is 0 Å². The van der Waals surface area contributed by atoms with Gasteiger partial charge in [-0.05, 0) is 26.2 Å². The fourth-order valence-electron chi connectivity index (χ4n) is 2.13. The highest BCUT2D eigenvalue weighted by Crippen LogP contribution is 2.09. The molecule has 1 aliphatic heterocycles. The number of carbonyl (C=O) groups is 1. The molecule has 1 atom stereocenters. The van der Waals surface area contributed by atoms with Gasteiger partial charge in [0.05, 0.1) is 12.2 Å². The molecule has 1 amide bonds. The van der Waals surface area contributed by atoms with Crippen LogP contribution in [-0.4, -0.2) is 40.4 Å². The average Bonchev–Trinajstić information content (AvgIpc) is 2.46. The SMILES string of the molecule is CC(NCC(=O)N1CCCCC1)c1cnccn1. The first-order valence-corrected chi connectivity index (χ1v) is 6.54. The predicted molar refractivity (Wildman–Crippen MR) is 68.9 cm³/mol. The van der Waals surface area contributed by atoms with Crippen LogP contribution in [0.5, 0.6) is 0 Å². The molecule has 1 unspecified atom stereocenters. The third-order valence-electron chi connectivity index (χ3n) is 3.30. The maximum atomic E-state index is 12.0. The van der Waals surface area contributed by atoms with Crippen molar-refractivity contribution in [3.8, 4) is 0 Å². The topological polar surface area (TPSA) is 58.1 Å². The van der Waals surface area contributed by atoms with E-state index in [0.29, 0.717) is 6.54 Å². The summed E-state index contributed by atoms with van der Waals surface area (Å²) in [5, 5.41) is 3.20. The molecule has 5 heteroatoms. The van der Waals surface area contributed by atoms with Crippen molar-refractivity contribution in [2.24, 2.45) is 0 Å². The number of nitrogens with zero attached hydrogens (tertiary/aromatic N) is 3. The molecule has 0 saturated carbocycles. The molecule has 1 fully saturated rings. The lowest BCUT2D eigenvalue weighted by molar-refractivity contribution is -0.131.